The summed E-state index contributed by atoms with van der Waals surface area (Å²) in [6, 6.07) is 12.1. The number of carbonyl (C=O) groups excluding carboxylic acids is 1. The van der Waals surface area contributed by atoms with Crippen molar-refractivity contribution in [2.45, 2.75) is 18.9 Å². The van der Waals surface area contributed by atoms with Crippen LogP contribution in [0, 0.1) is 0 Å². The lowest BCUT2D eigenvalue weighted by Crippen LogP contribution is -2.30. The SMILES string of the molecule is CN(C(=O)c1ccncc1)C1CCc2ccccc21. The number of nitrogens with zero attached hydrogens (tertiary/aromatic N) is 2. The zero-order valence-electron chi connectivity index (χ0n) is 10.9. The number of amides is 1. The summed E-state index contributed by atoms with van der Waals surface area (Å²) in [6.45, 7) is 0. The Morgan fingerprint density at radius 3 is 2.74 bits per heavy atom. The number of hydrogen-bond acceptors (Lipinski definition) is 2. The minimum absolute atomic E-state index is 0.0594. The van der Waals surface area contributed by atoms with Crippen LogP contribution in [0.3, 0.4) is 0 Å². The molecule has 0 spiro atoms. The smallest absolute Gasteiger partial charge is 0.254 e. The largest absolute Gasteiger partial charge is 0.335 e. The number of pyridine rings is 1. The predicted octanol–water partition coefficient (Wildman–Crippen LogP) is 2.84. The normalized spacial score (nSPS) is 17.0. The molecule has 96 valence electrons. The summed E-state index contributed by atoms with van der Waals surface area (Å²) >= 11 is 0. The number of benzene rings is 1. The molecule has 0 N–H and O–H groups in total. The Hall–Kier alpha value is -2.16. The third-order valence-corrected chi connectivity index (χ3v) is 3.82. The molecule has 3 nitrogen and oxygen atoms in total. The number of aryl methyl sites for hydroxylation is 1. The number of fused-ring (bicyclic) bond motifs is 1. The number of carbonyl (C=O) groups is 1. The van der Waals surface area contributed by atoms with Crippen LogP contribution in [0.2, 0.25) is 0 Å². The Balaban J connectivity index is 1.86. The molecule has 1 atom stereocenters. The third-order valence-electron chi connectivity index (χ3n) is 3.82. The summed E-state index contributed by atoms with van der Waals surface area (Å²) in [5.74, 6) is 0.0594. The molecule has 0 aliphatic heterocycles. The van der Waals surface area contributed by atoms with E-state index in [2.05, 4.69) is 23.2 Å². The van der Waals surface area contributed by atoms with Crippen LogP contribution in [0.15, 0.2) is 48.8 Å². The molecule has 0 saturated carbocycles. The molecule has 1 aromatic heterocycles. The Bertz CT molecular complexity index is 595. The minimum Gasteiger partial charge on any atom is -0.335 e. The molecule has 0 saturated heterocycles. The quantitative estimate of drug-likeness (QED) is 0.823. The van der Waals surface area contributed by atoms with E-state index < -0.39 is 0 Å². The summed E-state index contributed by atoms with van der Waals surface area (Å²) < 4.78 is 0. The first-order valence-electron chi connectivity index (χ1n) is 6.52. The zero-order chi connectivity index (χ0) is 13.2. The molecule has 1 unspecified atom stereocenters. The van der Waals surface area contributed by atoms with E-state index in [1.54, 1.807) is 24.5 Å². The number of aromatic nitrogens is 1. The van der Waals surface area contributed by atoms with Crippen LogP contribution < -0.4 is 0 Å². The minimum atomic E-state index is 0.0594. The average molecular weight is 252 g/mol. The summed E-state index contributed by atoms with van der Waals surface area (Å²) in [6.07, 6.45) is 5.37. The van der Waals surface area contributed by atoms with Crippen molar-refractivity contribution in [3.05, 3.63) is 65.5 Å². The van der Waals surface area contributed by atoms with Gasteiger partial charge < -0.3 is 4.90 Å². The van der Waals surface area contributed by atoms with Gasteiger partial charge in [-0.2, -0.15) is 0 Å². The molecule has 1 heterocycles. The van der Waals surface area contributed by atoms with Crippen molar-refractivity contribution in [1.29, 1.82) is 0 Å². The molecule has 2 aromatic rings. The van der Waals surface area contributed by atoms with Crippen LogP contribution in [0.25, 0.3) is 0 Å². The summed E-state index contributed by atoms with van der Waals surface area (Å²) in [5.41, 5.74) is 3.34. The molecular formula is C16H16N2O. The van der Waals surface area contributed by atoms with Gasteiger partial charge in [-0.25, -0.2) is 0 Å². The highest BCUT2D eigenvalue weighted by atomic mass is 16.2. The van der Waals surface area contributed by atoms with E-state index in [1.165, 1.54) is 11.1 Å². The van der Waals surface area contributed by atoms with E-state index in [4.69, 9.17) is 0 Å². The van der Waals surface area contributed by atoms with Gasteiger partial charge in [0.25, 0.3) is 5.91 Å². The molecule has 3 heteroatoms. The summed E-state index contributed by atoms with van der Waals surface area (Å²) in [4.78, 5) is 18.2. The van der Waals surface area contributed by atoms with Crippen molar-refractivity contribution in [3.63, 3.8) is 0 Å². The lowest BCUT2D eigenvalue weighted by Gasteiger charge is -2.25. The highest BCUT2D eigenvalue weighted by molar-refractivity contribution is 5.94. The van der Waals surface area contributed by atoms with Crippen LogP contribution in [0.1, 0.15) is 33.9 Å². The fourth-order valence-electron chi connectivity index (χ4n) is 2.78. The highest BCUT2D eigenvalue weighted by Gasteiger charge is 2.28. The summed E-state index contributed by atoms with van der Waals surface area (Å²) in [7, 11) is 1.88. The van der Waals surface area contributed by atoms with Gasteiger partial charge in [-0.05, 0) is 36.1 Å². The molecule has 1 aromatic carbocycles. The molecule has 0 bridgehead atoms. The van der Waals surface area contributed by atoms with Crippen LogP contribution in [0.4, 0.5) is 0 Å². The van der Waals surface area contributed by atoms with Gasteiger partial charge in [0.15, 0.2) is 0 Å². The molecule has 3 rings (SSSR count). The first-order valence-corrected chi connectivity index (χ1v) is 6.52. The monoisotopic (exact) mass is 252 g/mol. The van der Waals surface area contributed by atoms with Gasteiger partial charge in [-0.1, -0.05) is 24.3 Å². The number of rotatable bonds is 2. The van der Waals surface area contributed by atoms with Crippen molar-refractivity contribution in [1.82, 2.24) is 9.88 Å². The van der Waals surface area contributed by atoms with Gasteiger partial charge in [0.2, 0.25) is 0 Å². The summed E-state index contributed by atoms with van der Waals surface area (Å²) in [5, 5.41) is 0. The van der Waals surface area contributed by atoms with Gasteiger partial charge in [-0.15, -0.1) is 0 Å². The first kappa shape index (κ1) is 11.9. The van der Waals surface area contributed by atoms with Gasteiger partial charge >= 0.3 is 0 Å². The maximum absolute atomic E-state index is 12.4. The molecule has 0 fully saturated rings. The van der Waals surface area contributed by atoms with Crippen molar-refractivity contribution in [2.75, 3.05) is 7.05 Å². The first-order chi connectivity index (χ1) is 9.27. The van der Waals surface area contributed by atoms with Crippen molar-refractivity contribution in [2.24, 2.45) is 0 Å². The fraction of sp³-hybridized carbons (Fsp3) is 0.250. The van der Waals surface area contributed by atoms with Gasteiger partial charge in [0.05, 0.1) is 6.04 Å². The standard InChI is InChI=1S/C16H16N2O/c1-18(16(19)13-8-10-17-11-9-13)15-7-6-12-4-2-3-5-14(12)15/h2-5,8-11,15H,6-7H2,1H3. The Kier molecular flexibility index (Phi) is 3.03. The second-order valence-corrected chi connectivity index (χ2v) is 4.91. The van der Waals surface area contributed by atoms with Gasteiger partial charge in [0, 0.05) is 25.0 Å². The van der Waals surface area contributed by atoms with E-state index in [0.29, 0.717) is 5.56 Å². The average Bonchev–Trinajstić information content (AvgIpc) is 2.90. The van der Waals surface area contributed by atoms with Crippen molar-refractivity contribution >= 4 is 5.91 Å². The highest BCUT2D eigenvalue weighted by Crippen LogP contribution is 2.35. The van der Waals surface area contributed by atoms with Crippen LogP contribution >= 0.6 is 0 Å². The molecule has 0 radical (unpaired) electrons. The fourth-order valence-corrected chi connectivity index (χ4v) is 2.78. The van der Waals surface area contributed by atoms with Crippen LogP contribution in [0.5, 0.6) is 0 Å². The molecular weight excluding hydrogens is 236 g/mol. The van der Waals surface area contributed by atoms with E-state index in [0.717, 1.165) is 12.8 Å². The maximum atomic E-state index is 12.4. The lowest BCUT2D eigenvalue weighted by atomic mass is 10.1. The van der Waals surface area contributed by atoms with Gasteiger partial charge in [-0.3, -0.25) is 9.78 Å². The zero-order valence-corrected chi connectivity index (χ0v) is 10.9. The maximum Gasteiger partial charge on any atom is 0.254 e. The van der Waals surface area contributed by atoms with E-state index in [9.17, 15) is 4.79 Å². The molecule has 19 heavy (non-hydrogen) atoms. The topological polar surface area (TPSA) is 33.2 Å². The molecule has 1 aliphatic carbocycles. The van der Waals surface area contributed by atoms with Crippen LogP contribution in [-0.4, -0.2) is 22.8 Å². The second kappa shape index (κ2) is 4.84. The second-order valence-electron chi connectivity index (χ2n) is 4.91. The molecule has 1 amide bonds. The molecule has 1 aliphatic rings. The third kappa shape index (κ3) is 2.12. The Morgan fingerprint density at radius 2 is 1.95 bits per heavy atom. The van der Waals surface area contributed by atoms with E-state index in [-0.39, 0.29) is 11.9 Å². The van der Waals surface area contributed by atoms with Crippen molar-refractivity contribution in [3.8, 4) is 0 Å². The Morgan fingerprint density at radius 1 is 1.21 bits per heavy atom. The van der Waals surface area contributed by atoms with E-state index >= 15 is 0 Å². The predicted molar refractivity (Wildman–Crippen MR) is 73.8 cm³/mol. The van der Waals surface area contributed by atoms with E-state index in [1.807, 2.05) is 18.0 Å². The number of hydrogen-bond donors (Lipinski definition) is 0. The Labute approximate surface area is 112 Å². The van der Waals surface area contributed by atoms with Crippen LogP contribution in [-0.2, 0) is 6.42 Å². The van der Waals surface area contributed by atoms with Crippen molar-refractivity contribution < 1.29 is 4.79 Å². The van der Waals surface area contributed by atoms with Gasteiger partial charge in [0.1, 0.15) is 0 Å². The lowest BCUT2D eigenvalue weighted by molar-refractivity contribution is 0.0730.